The van der Waals surface area contributed by atoms with E-state index >= 15 is 0 Å². The zero-order valence-corrected chi connectivity index (χ0v) is 15.0. The van der Waals surface area contributed by atoms with E-state index in [-0.39, 0.29) is 5.91 Å². The van der Waals surface area contributed by atoms with Gasteiger partial charge in [0.15, 0.2) is 0 Å². The molecule has 2 fully saturated rings. The van der Waals surface area contributed by atoms with Gasteiger partial charge in [-0.05, 0) is 24.5 Å². The summed E-state index contributed by atoms with van der Waals surface area (Å²) in [5.74, 6) is 2.33. The van der Waals surface area contributed by atoms with Crippen LogP contribution in [0.1, 0.15) is 12.8 Å². The number of nitrogens with zero attached hydrogens (tertiary/aromatic N) is 2. The molecule has 138 valence electrons. The molecule has 1 amide bonds. The van der Waals surface area contributed by atoms with Crippen molar-refractivity contribution in [3.63, 3.8) is 0 Å². The second kappa shape index (κ2) is 9.06. The quantitative estimate of drug-likeness (QED) is 0.750. The van der Waals surface area contributed by atoms with Crippen molar-refractivity contribution in [2.45, 2.75) is 12.8 Å². The summed E-state index contributed by atoms with van der Waals surface area (Å²) in [4.78, 5) is 16.7. The topological polar surface area (TPSA) is 51.2 Å². The van der Waals surface area contributed by atoms with E-state index in [9.17, 15) is 4.79 Å². The summed E-state index contributed by atoms with van der Waals surface area (Å²) in [6.07, 6.45) is 1.66. The third-order valence-corrected chi connectivity index (χ3v) is 4.93. The van der Waals surface area contributed by atoms with Gasteiger partial charge in [0, 0.05) is 58.4 Å². The number of piperazine rings is 1. The molecule has 6 heteroatoms. The fourth-order valence-electron chi connectivity index (χ4n) is 3.32. The summed E-state index contributed by atoms with van der Waals surface area (Å²) in [5.41, 5.74) is 0. The molecule has 0 aliphatic carbocycles. The zero-order valence-electron chi connectivity index (χ0n) is 15.0. The van der Waals surface area contributed by atoms with Crippen LogP contribution in [0, 0.1) is 5.92 Å². The molecular formula is C19H28N2O4. The van der Waals surface area contributed by atoms with Gasteiger partial charge in [0.1, 0.15) is 18.1 Å². The van der Waals surface area contributed by atoms with E-state index in [1.165, 1.54) is 0 Å². The number of methoxy groups -OCH3 is 1. The standard InChI is InChI=1S/C19H28N2O4/c1-23-17-3-2-4-18(14-17)25-12-10-20-6-8-21(9-7-20)19(22)13-16-5-11-24-15-16/h2-4,14,16H,5-13,15H2,1H3/t16-/m0/s1. The molecule has 0 spiro atoms. The summed E-state index contributed by atoms with van der Waals surface area (Å²) < 4.78 is 16.4. The van der Waals surface area contributed by atoms with Crippen molar-refractivity contribution in [2.24, 2.45) is 5.92 Å². The molecule has 0 aromatic heterocycles. The Bertz CT molecular complexity index is 552. The SMILES string of the molecule is COc1cccc(OCCN2CCN(C(=O)C[C@@H]3CCOC3)CC2)c1. The molecule has 0 unspecified atom stereocenters. The van der Waals surface area contributed by atoms with Crippen molar-refractivity contribution < 1.29 is 19.0 Å². The Morgan fingerprint density at radius 2 is 2.04 bits per heavy atom. The molecule has 1 aromatic carbocycles. The monoisotopic (exact) mass is 348 g/mol. The van der Waals surface area contributed by atoms with Crippen molar-refractivity contribution in [3.05, 3.63) is 24.3 Å². The molecule has 3 rings (SSSR count). The summed E-state index contributed by atoms with van der Waals surface area (Å²) in [6, 6.07) is 7.66. The second-order valence-electron chi connectivity index (χ2n) is 6.68. The van der Waals surface area contributed by atoms with Gasteiger partial charge < -0.3 is 19.1 Å². The highest BCUT2D eigenvalue weighted by molar-refractivity contribution is 5.76. The summed E-state index contributed by atoms with van der Waals surface area (Å²) in [6.45, 7) is 6.50. The molecule has 2 aliphatic heterocycles. The smallest absolute Gasteiger partial charge is 0.223 e. The van der Waals surface area contributed by atoms with Crippen LogP contribution in [0.2, 0.25) is 0 Å². The van der Waals surface area contributed by atoms with Crippen LogP contribution in [0.5, 0.6) is 11.5 Å². The normalized spacial score (nSPS) is 21.3. The van der Waals surface area contributed by atoms with Crippen LogP contribution >= 0.6 is 0 Å². The van der Waals surface area contributed by atoms with Crippen LogP contribution < -0.4 is 9.47 Å². The molecule has 25 heavy (non-hydrogen) atoms. The average molecular weight is 348 g/mol. The Morgan fingerprint density at radius 3 is 2.76 bits per heavy atom. The predicted molar refractivity (Wildman–Crippen MR) is 95.1 cm³/mol. The van der Waals surface area contributed by atoms with Gasteiger partial charge in [0.2, 0.25) is 5.91 Å². The minimum atomic E-state index is 0.280. The van der Waals surface area contributed by atoms with Crippen LogP contribution in [0.25, 0.3) is 0 Å². The third kappa shape index (κ3) is 5.34. The van der Waals surface area contributed by atoms with E-state index in [0.717, 1.165) is 63.9 Å². The molecule has 2 aliphatic rings. The van der Waals surface area contributed by atoms with Crippen molar-refractivity contribution >= 4 is 5.91 Å². The lowest BCUT2D eigenvalue weighted by Gasteiger charge is -2.35. The molecule has 2 heterocycles. The van der Waals surface area contributed by atoms with Gasteiger partial charge in [-0.25, -0.2) is 0 Å². The van der Waals surface area contributed by atoms with Gasteiger partial charge >= 0.3 is 0 Å². The molecule has 2 saturated heterocycles. The number of carbonyl (C=O) groups excluding carboxylic acids is 1. The highest BCUT2D eigenvalue weighted by Gasteiger charge is 2.25. The molecular weight excluding hydrogens is 320 g/mol. The number of benzene rings is 1. The lowest BCUT2D eigenvalue weighted by atomic mass is 10.0. The van der Waals surface area contributed by atoms with Crippen LogP contribution in [0.3, 0.4) is 0 Å². The van der Waals surface area contributed by atoms with Crippen molar-refractivity contribution in [2.75, 3.05) is 59.7 Å². The highest BCUT2D eigenvalue weighted by Crippen LogP contribution is 2.19. The largest absolute Gasteiger partial charge is 0.497 e. The minimum absolute atomic E-state index is 0.280. The van der Waals surface area contributed by atoms with Crippen LogP contribution in [-0.4, -0.2) is 75.4 Å². The van der Waals surface area contributed by atoms with Gasteiger partial charge in [0.25, 0.3) is 0 Å². The molecule has 0 radical (unpaired) electrons. The third-order valence-electron chi connectivity index (χ3n) is 4.93. The molecule has 1 atom stereocenters. The van der Waals surface area contributed by atoms with E-state index in [0.29, 0.717) is 18.9 Å². The van der Waals surface area contributed by atoms with E-state index in [1.807, 2.05) is 29.2 Å². The zero-order chi connectivity index (χ0) is 17.5. The van der Waals surface area contributed by atoms with Gasteiger partial charge in [-0.1, -0.05) is 6.07 Å². The average Bonchev–Trinajstić information content (AvgIpc) is 3.15. The number of hydrogen-bond donors (Lipinski definition) is 0. The Morgan fingerprint density at radius 1 is 1.24 bits per heavy atom. The van der Waals surface area contributed by atoms with E-state index in [4.69, 9.17) is 14.2 Å². The highest BCUT2D eigenvalue weighted by atomic mass is 16.5. The number of hydrogen-bond acceptors (Lipinski definition) is 5. The molecule has 1 aromatic rings. The van der Waals surface area contributed by atoms with Crippen molar-refractivity contribution in [1.29, 1.82) is 0 Å². The van der Waals surface area contributed by atoms with Crippen molar-refractivity contribution in [1.82, 2.24) is 9.80 Å². The second-order valence-corrected chi connectivity index (χ2v) is 6.68. The number of rotatable bonds is 7. The Hall–Kier alpha value is -1.79. The maximum atomic E-state index is 12.3. The summed E-state index contributed by atoms with van der Waals surface area (Å²) >= 11 is 0. The first-order valence-electron chi connectivity index (χ1n) is 9.09. The van der Waals surface area contributed by atoms with E-state index in [2.05, 4.69) is 4.90 Å². The molecule has 6 nitrogen and oxygen atoms in total. The minimum Gasteiger partial charge on any atom is -0.497 e. The van der Waals surface area contributed by atoms with Crippen LogP contribution in [-0.2, 0) is 9.53 Å². The van der Waals surface area contributed by atoms with Gasteiger partial charge in [-0.15, -0.1) is 0 Å². The summed E-state index contributed by atoms with van der Waals surface area (Å²) in [7, 11) is 1.65. The fraction of sp³-hybridized carbons (Fsp3) is 0.632. The van der Waals surface area contributed by atoms with E-state index < -0.39 is 0 Å². The van der Waals surface area contributed by atoms with Crippen LogP contribution in [0.15, 0.2) is 24.3 Å². The lowest BCUT2D eigenvalue weighted by Crippen LogP contribution is -2.49. The van der Waals surface area contributed by atoms with Crippen LogP contribution in [0.4, 0.5) is 0 Å². The Labute approximate surface area is 149 Å². The Kier molecular flexibility index (Phi) is 6.53. The van der Waals surface area contributed by atoms with Gasteiger partial charge in [-0.2, -0.15) is 0 Å². The lowest BCUT2D eigenvalue weighted by molar-refractivity contribution is -0.134. The molecule has 0 saturated carbocycles. The fourth-order valence-corrected chi connectivity index (χ4v) is 3.32. The van der Waals surface area contributed by atoms with Gasteiger partial charge in [-0.3, -0.25) is 9.69 Å². The number of amides is 1. The van der Waals surface area contributed by atoms with E-state index in [1.54, 1.807) is 7.11 Å². The Balaban J connectivity index is 1.34. The maximum Gasteiger partial charge on any atom is 0.223 e. The number of carbonyl (C=O) groups is 1. The summed E-state index contributed by atoms with van der Waals surface area (Å²) in [5, 5.41) is 0. The molecule has 0 bridgehead atoms. The predicted octanol–water partition coefficient (Wildman–Crippen LogP) is 1.64. The molecule has 0 N–H and O–H groups in total. The first kappa shape index (κ1) is 18.0. The first-order valence-corrected chi connectivity index (χ1v) is 9.09. The first-order chi connectivity index (χ1) is 12.2. The van der Waals surface area contributed by atoms with Gasteiger partial charge in [0.05, 0.1) is 7.11 Å². The maximum absolute atomic E-state index is 12.3. The number of ether oxygens (including phenoxy) is 3. The van der Waals surface area contributed by atoms with Crippen molar-refractivity contribution in [3.8, 4) is 11.5 Å².